The van der Waals surface area contributed by atoms with Gasteiger partial charge in [0.25, 0.3) is 0 Å². The molecule has 2 heterocycles. The number of guanidine groups is 1. The fourth-order valence-electron chi connectivity index (χ4n) is 4.07. The van der Waals surface area contributed by atoms with Crippen LogP contribution in [0.15, 0.2) is 4.99 Å². The Morgan fingerprint density at radius 1 is 1.11 bits per heavy atom. The van der Waals surface area contributed by atoms with Crippen molar-refractivity contribution in [3.8, 4) is 0 Å². The average Bonchev–Trinajstić information content (AvgIpc) is 3.03. The van der Waals surface area contributed by atoms with Gasteiger partial charge in [0, 0.05) is 45.3 Å². The second-order valence-corrected chi connectivity index (χ2v) is 9.60. The highest BCUT2D eigenvalue weighted by Gasteiger charge is 2.28. The molecule has 0 radical (unpaired) electrons. The summed E-state index contributed by atoms with van der Waals surface area (Å²) in [6.07, 6.45) is 3.02. The van der Waals surface area contributed by atoms with E-state index in [0.29, 0.717) is 31.6 Å². The van der Waals surface area contributed by atoms with Crippen molar-refractivity contribution in [3.05, 3.63) is 0 Å². The van der Waals surface area contributed by atoms with Gasteiger partial charge in [0.15, 0.2) is 5.96 Å². The number of morpholine rings is 1. The average molecular weight is 418 g/mol. The summed E-state index contributed by atoms with van der Waals surface area (Å²) < 4.78 is 31.0. The van der Waals surface area contributed by atoms with E-state index in [1.54, 1.807) is 4.31 Å². The molecule has 8 nitrogen and oxygen atoms in total. The fraction of sp³-hybridized carbons (Fsp3) is 0.947. The number of ether oxygens (including phenoxy) is 1. The van der Waals surface area contributed by atoms with Gasteiger partial charge in [0.2, 0.25) is 10.0 Å². The van der Waals surface area contributed by atoms with Gasteiger partial charge >= 0.3 is 0 Å². The Labute approximate surface area is 171 Å². The minimum Gasteiger partial charge on any atom is -0.379 e. The molecule has 0 aromatic heterocycles. The molecule has 2 N–H and O–H groups in total. The highest BCUT2D eigenvalue weighted by Crippen LogP contribution is 2.20. The van der Waals surface area contributed by atoms with Crippen LogP contribution in [0.1, 0.15) is 40.0 Å². The minimum absolute atomic E-state index is 0.276. The lowest BCUT2D eigenvalue weighted by Crippen LogP contribution is -2.49. The van der Waals surface area contributed by atoms with Gasteiger partial charge in [0.1, 0.15) is 0 Å². The summed E-state index contributed by atoms with van der Waals surface area (Å²) >= 11 is 0. The molecule has 1 atom stereocenters. The first-order chi connectivity index (χ1) is 13.5. The predicted octanol–water partition coefficient (Wildman–Crippen LogP) is 0.714. The number of nitrogens with one attached hydrogen (secondary N) is 2. The Balaban J connectivity index is 1.94. The summed E-state index contributed by atoms with van der Waals surface area (Å²) in [7, 11) is -3.04. The summed E-state index contributed by atoms with van der Waals surface area (Å²) in [4.78, 5) is 7.37. The molecule has 2 rings (SSSR count). The first-order valence-electron chi connectivity index (χ1n) is 10.8. The summed E-state index contributed by atoms with van der Waals surface area (Å²) in [6.45, 7) is 13.3. The first kappa shape index (κ1) is 23.4. The fourth-order valence-corrected chi connectivity index (χ4v) is 5.60. The highest BCUT2D eigenvalue weighted by molar-refractivity contribution is 7.89. The Kier molecular flexibility index (Phi) is 9.98. The lowest BCUT2D eigenvalue weighted by Gasteiger charge is -2.38. The van der Waals surface area contributed by atoms with Crippen LogP contribution in [0.3, 0.4) is 0 Å². The van der Waals surface area contributed by atoms with E-state index in [1.807, 2.05) is 6.92 Å². The molecule has 164 valence electrons. The second-order valence-electron chi connectivity index (χ2n) is 7.51. The van der Waals surface area contributed by atoms with Crippen LogP contribution in [0.5, 0.6) is 0 Å². The third kappa shape index (κ3) is 6.86. The SMILES string of the molecule is CCNC(=NCC(C(CC)CC)N1CCOCC1)NCCN1CCCS1(=O)=O. The second kappa shape index (κ2) is 11.9. The van der Waals surface area contributed by atoms with E-state index in [4.69, 9.17) is 9.73 Å². The van der Waals surface area contributed by atoms with Crippen LogP contribution in [-0.2, 0) is 14.8 Å². The van der Waals surface area contributed by atoms with Gasteiger partial charge in [-0.15, -0.1) is 0 Å². The van der Waals surface area contributed by atoms with Gasteiger partial charge in [-0.2, -0.15) is 0 Å². The molecule has 0 spiro atoms. The summed E-state index contributed by atoms with van der Waals surface area (Å²) in [5.41, 5.74) is 0. The van der Waals surface area contributed by atoms with Gasteiger partial charge < -0.3 is 15.4 Å². The third-order valence-corrected chi connectivity index (χ3v) is 7.70. The van der Waals surface area contributed by atoms with Crippen molar-refractivity contribution in [2.24, 2.45) is 10.9 Å². The molecule has 1 unspecified atom stereocenters. The molecular weight excluding hydrogens is 378 g/mol. The van der Waals surface area contributed by atoms with Crippen molar-refractivity contribution in [1.29, 1.82) is 0 Å². The van der Waals surface area contributed by atoms with Crippen LogP contribution in [0.25, 0.3) is 0 Å². The van der Waals surface area contributed by atoms with Crippen molar-refractivity contribution >= 4 is 16.0 Å². The van der Waals surface area contributed by atoms with E-state index in [0.717, 1.165) is 64.6 Å². The number of hydrogen-bond donors (Lipinski definition) is 2. The van der Waals surface area contributed by atoms with E-state index >= 15 is 0 Å². The number of aliphatic imine (C=N–C) groups is 1. The normalized spacial score (nSPS) is 22.5. The molecule has 2 aliphatic rings. The molecule has 2 saturated heterocycles. The Hall–Kier alpha value is -0.900. The molecule has 2 aliphatic heterocycles. The molecule has 28 heavy (non-hydrogen) atoms. The summed E-state index contributed by atoms with van der Waals surface area (Å²) in [5.74, 6) is 1.65. The zero-order chi connectivity index (χ0) is 20.4. The lowest BCUT2D eigenvalue weighted by atomic mass is 9.92. The highest BCUT2D eigenvalue weighted by atomic mass is 32.2. The van der Waals surface area contributed by atoms with Crippen molar-refractivity contribution in [2.45, 2.75) is 46.1 Å². The molecule has 0 aliphatic carbocycles. The van der Waals surface area contributed by atoms with Crippen LogP contribution >= 0.6 is 0 Å². The summed E-state index contributed by atoms with van der Waals surface area (Å²) in [6, 6.07) is 0.410. The quantitative estimate of drug-likeness (QED) is 0.402. The maximum Gasteiger partial charge on any atom is 0.214 e. The maximum atomic E-state index is 11.9. The van der Waals surface area contributed by atoms with Crippen molar-refractivity contribution in [1.82, 2.24) is 19.8 Å². The molecule has 9 heteroatoms. The molecule has 0 amide bonds. The molecule has 0 aromatic carbocycles. The number of rotatable bonds is 10. The summed E-state index contributed by atoms with van der Waals surface area (Å²) in [5, 5.41) is 6.60. The minimum atomic E-state index is -3.04. The molecule has 0 bridgehead atoms. The van der Waals surface area contributed by atoms with Gasteiger partial charge in [-0.1, -0.05) is 26.7 Å². The Morgan fingerprint density at radius 2 is 1.82 bits per heavy atom. The van der Waals surface area contributed by atoms with Gasteiger partial charge in [-0.3, -0.25) is 9.89 Å². The van der Waals surface area contributed by atoms with E-state index in [2.05, 4.69) is 29.4 Å². The van der Waals surface area contributed by atoms with E-state index < -0.39 is 10.0 Å². The van der Waals surface area contributed by atoms with E-state index in [9.17, 15) is 8.42 Å². The molecular formula is C19H39N5O3S. The Bertz CT molecular complexity index is 574. The van der Waals surface area contributed by atoms with E-state index in [-0.39, 0.29) is 5.75 Å². The van der Waals surface area contributed by atoms with Crippen molar-refractivity contribution < 1.29 is 13.2 Å². The zero-order valence-electron chi connectivity index (χ0n) is 17.8. The molecule has 0 saturated carbocycles. The molecule has 0 aromatic rings. The van der Waals surface area contributed by atoms with Crippen molar-refractivity contribution in [3.63, 3.8) is 0 Å². The van der Waals surface area contributed by atoms with Gasteiger partial charge in [0.05, 0.1) is 25.5 Å². The predicted molar refractivity (Wildman–Crippen MR) is 114 cm³/mol. The number of sulfonamides is 1. The number of hydrogen-bond acceptors (Lipinski definition) is 5. The standard InChI is InChI=1S/C19H39N5O3S/c1-4-17(5-2)18(23-11-13-27-14-12-23)16-22-19(20-6-3)21-8-10-24-9-7-15-28(24,25)26/h17-18H,4-16H2,1-3H3,(H2,20,21,22). The topological polar surface area (TPSA) is 86.3 Å². The van der Waals surface area contributed by atoms with Crippen molar-refractivity contribution in [2.75, 3.05) is 64.8 Å². The zero-order valence-corrected chi connectivity index (χ0v) is 18.6. The lowest BCUT2D eigenvalue weighted by molar-refractivity contribution is 0.00395. The van der Waals surface area contributed by atoms with Crippen LogP contribution in [-0.4, -0.2) is 94.4 Å². The Morgan fingerprint density at radius 3 is 2.39 bits per heavy atom. The first-order valence-corrected chi connectivity index (χ1v) is 12.4. The van der Waals surface area contributed by atoms with Crippen LogP contribution < -0.4 is 10.6 Å². The largest absolute Gasteiger partial charge is 0.379 e. The van der Waals surface area contributed by atoms with Crippen LogP contribution in [0, 0.1) is 5.92 Å². The molecule has 2 fully saturated rings. The number of nitrogens with zero attached hydrogens (tertiary/aromatic N) is 3. The maximum absolute atomic E-state index is 11.9. The monoisotopic (exact) mass is 417 g/mol. The van der Waals surface area contributed by atoms with Gasteiger partial charge in [-0.25, -0.2) is 12.7 Å². The van der Waals surface area contributed by atoms with Crippen LogP contribution in [0.4, 0.5) is 0 Å². The van der Waals surface area contributed by atoms with Crippen LogP contribution in [0.2, 0.25) is 0 Å². The van der Waals surface area contributed by atoms with E-state index in [1.165, 1.54) is 0 Å². The smallest absolute Gasteiger partial charge is 0.214 e. The third-order valence-electron chi connectivity index (χ3n) is 5.75. The van der Waals surface area contributed by atoms with Gasteiger partial charge in [-0.05, 0) is 19.3 Å².